The predicted molar refractivity (Wildman–Crippen MR) is 77.4 cm³/mol. The molecule has 4 nitrogen and oxygen atoms in total. The molecule has 0 amide bonds. The van der Waals surface area contributed by atoms with Crippen molar-refractivity contribution in [1.29, 1.82) is 0 Å². The van der Waals surface area contributed by atoms with Gasteiger partial charge in [0.15, 0.2) is 0 Å². The maximum Gasteiger partial charge on any atom is 0.129 e. The van der Waals surface area contributed by atoms with Crippen LogP contribution in [0.1, 0.15) is 57.6 Å². The van der Waals surface area contributed by atoms with Gasteiger partial charge < -0.3 is 10.1 Å². The summed E-state index contributed by atoms with van der Waals surface area (Å²) < 4.78 is 5.62. The molecule has 19 heavy (non-hydrogen) atoms. The minimum atomic E-state index is 0.447. The molecule has 1 aromatic rings. The average Bonchev–Trinajstić information content (AvgIpc) is 2.92. The van der Waals surface area contributed by atoms with Gasteiger partial charge in [0, 0.05) is 24.9 Å². The van der Waals surface area contributed by atoms with Crippen LogP contribution in [0.15, 0.2) is 12.4 Å². The number of ether oxygens (including phenoxy) is 1. The second-order valence-electron chi connectivity index (χ2n) is 5.54. The first kappa shape index (κ1) is 14.3. The topological polar surface area (TPSA) is 47.0 Å². The van der Waals surface area contributed by atoms with E-state index < -0.39 is 0 Å². The highest BCUT2D eigenvalue weighted by atomic mass is 16.5. The van der Waals surface area contributed by atoms with Gasteiger partial charge in [0.05, 0.1) is 6.10 Å². The first-order chi connectivity index (χ1) is 9.25. The van der Waals surface area contributed by atoms with Crippen molar-refractivity contribution >= 4 is 5.82 Å². The minimum absolute atomic E-state index is 0.447. The Morgan fingerprint density at radius 1 is 1.37 bits per heavy atom. The second-order valence-corrected chi connectivity index (χ2v) is 5.54. The molecule has 1 aliphatic rings. The molecule has 1 fully saturated rings. The molecular weight excluding hydrogens is 238 g/mol. The van der Waals surface area contributed by atoms with Crippen LogP contribution in [-0.4, -0.2) is 29.2 Å². The zero-order valence-electron chi connectivity index (χ0n) is 12.1. The SMILES string of the molecule is CC(C)c1cc(NCCCC[C@@H]2CCCO2)ncn1. The van der Waals surface area contributed by atoms with Crippen LogP contribution in [0.4, 0.5) is 5.82 Å². The lowest BCUT2D eigenvalue weighted by atomic mass is 10.1. The summed E-state index contributed by atoms with van der Waals surface area (Å²) in [5, 5.41) is 3.37. The van der Waals surface area contributed by atoms with Gasteiger partial charge in [-0.1, -0.05) is 13.8 Å². The third-order valence-corrected chi connectivity index (χ3v) is 3.56. The van der Waals surface area contributed by atoms with Crippen LogP contribution in [0, 0.1) is 0 Å². The number of hydrogen-bond acceptors (Lipinski definition) is 4. The van der Waals surface area contributed by atoms with Gasteiger partial charge in [0.2, 0.25) is 0 Å². The summed E-state index contributed by atoms with van der Waals surface area (Å²) in [6.07, 6.45) is 8.23. The Labute approximate surface area is 116 Å². The highest BCUT2D eigenvalue weighted by molar-refractivity contribution is 5.35. The molecule has 2 heterocycles. The van der Waals surface area contributed by atoms with Crippen LogP contribution < -0.4 is 5.32 Å². The Balaban J connectivity index is 1.63. The van der Waals surface area contributed by atoms with E-state index in [0.717, 1.165) is 24.7 Å². The third-order valence-electron chi connectivity index (χ3n) is 3.56. The lowest BCUT2D eigenvalue weighted by Gasteiger charge is -2.10. The molecule has 2 rings (SSSR count). The molecule has 0 spiro atoms. The fraction of sp³-hybridized carbons (Fsp3) is 0.733. The van der Waals surface area contributed by atoms with Crippen molar-refractivity contribution in [2.45, 2.75) is 58.0 Å². The van der Waals surface area contributed by atoms with E-state index in [-0.39, 0.29) is 0 Å². The Morgan fingerprint density at radius 2 is 2.26 bits per heavy atom. The van der Waals surface area contributed by atoms with Crippen molar-refractivity contribution in [3.8, 4) is 0 Å². The van der Waals surface area contributed by atoms with Gasteiger partial charge in [0.25, 0.3) is 0 Å². The van der Waals surface area contributed by atoms with E-state index in [9.17, 15) is 0 Å². The molecule has 1 aliphatic heterocycles. The highest BCUT2D eigenvalue weighted by Gasteiger charge is 2.14. The highest BCUT2D eigenvalue weighted by Crippen LogP contribution is 2.18. The van der Waals surface area contributed by atoms with E-state index in [2.05, 4.69) is 29.1 Å². The summed E-state index contributed by atoms with van der Waals surface area (Å²) in [6, 6.07) is 2.05. The fourth-order valence-corrected chi connectivity index (χ4v) is 2.37. The molecule has 1 saturated heterocycles. The number of unbranched alkanes of at least 4 members (excludes halogenated alkanes) is 1. The molecular formula is C15H25N3O. The first-order valence-electron chi connectivity index (χ1n) is 7.43. The second kappa shape index (κ2) is 7.43. The number of anilines is 1. The van der Waals surface area contributed by atoms with E-state index in [4.69, 9.17) is 4.74 Å². The number of rotatable bonds is 7. The maximum absolute atomic E-state index is 5.62. The summed E-state index contributed by atoms with van der Waals surface area (Å²) in [4.78, 5) is 8.52. The van der Waals surface area contributed by atoms with Gasteiger partial charge >= 0.3 is 0 Å². The van der Waals surface area contributed by atoms with Crippen LogP contribution in [0.25, 0.3) is 0 Å². The molecule has 0 aromatic carbocycles. The molecule has 1 atom stereocenters. The van der Waals surface area contributed by atoms with Crippen molar-refractivity contribution in [2.75, 3.05) is 18.5 Å². The van der Waals surface area contributed by atoms with Crippen LogP contribution in [0.2, 0.25) is 0 Å². The summed E-state index contributed by atoms with van der Waals surface area (Å²) in [5.74, 6) is 1.39. The van der Waals surface area contributed by atoms with Crippen molar-refractivity contribution in [3.63, 3.8) is 0 Å². The van der Waals surface area contributed by atoms with Crippen molar-refractivity contribution in [1.82, 2.24) is 9.97 Å². The van der Waals surface area contributed by atoms with Gasteiger partial charge in [-0.3, -0.25) is 0 Å². The Bertz CT molecular complexity index is 375. The van der Waals surface area contributed by atoms with E-state index in [1.807, 2.05) is 6.07 Å². The summed E-state index contributed by atoms with van der Waals surface area (Å²) in [5.41, 5.74) is 1.09. The molecule has 1 N–H and O–H groups in total. The lowest BCUT2D eigenvalue weighted by Crippen LogP contribution is -2.08. The lowest BCUT2D eigenvalue weighted by molar-refractivity contribution is 0.102. The zero-order chi connectivity index (χ0) is 13.5. The molecule has 0 saturated carbocycles. The predicted octanol–water partition coefficient (Wildman–Crippen LogP) is 3.36. The minimum Gasteiger partial charge on any atom is -0.378 e. The molecule has 106 valence electrons. The first-order valence-corrected chi connectivity index (χ1v) is 7.43. The van der Waals surface area contributed by atoms with E-state index in [0.29, 0.717) is 12.0 Å². The Kier molecular flexibility index (Phi) is 5.58. The van der Waals surface area contributed by atoms with Gasteiger partial charge in [-0.15, -0.1) is 0 Å². The zero-order valence-corrected chi connectivity index (χ0v) is 12.1. The monoisotopic (exact) mass is 263 g/mol. The normalized spacial score (nSPS) is 19.0. The molecule has 0 unspecified atom stereocenters. The standard InChI is InChI=1S/C15H25N3O/c1-12(2)14-10-15(18-11-17-14)16-8-4-3-6-13-7-5-9-19-13/h10-13H,3-9H2,1-2H3,(H,16,17,18)/t13-/m1/s1. The van der Waals surface area contributed by atoms with Crippen LogP contribution >= 0.6 is 0 Å². The molecule has 1 aromatic heterocycles. The summed E-state index contributed by atoms with van der Waals surface area (Å²) in [6.45, 7) is 6.23. The molecule has 4 heteroatoms. The molecule has 0 aliphatic carbocycles. The van der Waals surface area contributed by atoms with E-state index in [1.165, 1.54) is 32.1 Å². The van der Waals surface area contributed by atoms with Crippen molar-refractivity contribution in [2.24, 2.45) is 0 Å². The van der Waals surface area contributed by atoms with E-state index >= 15 is 0 Å². The summed E-state index contributed by atoms with van der Waals surface area (Å²) in [7, 11) is 0. The van der Waals surface area contributed by atoms with Gasteiger partial charge in [-0.2, -0.15) is 0 Å². The Hall–Kier alpha value is -1.16. The number of aromatic nitrogens is 2. The summed E-state index contributed by atoms with van der Waals surface area (Å²) >= 11 is 0. The molecule has 0 bridgehead atoms. The molecule has 0 radical (unpaired) electrons. The van der Waals surface area contributed by atoms with E-state index in [1.54, 1.807) is 6.33 Å². The van der Waals surface area contributed by atoms with Gasteiger partial charge in [-0.05, 0) is 38.0 Å². The maximum atomic E-state index is 5.62. The van der Waals surface area contributed by atoms with Crippen LogP contribution in [0.5, 0.6) is 0 Å². The average molecular weight is 263 g/mol. The smallest absolute Gasteiger partial charge is 0.129 e. The largest absolute Gasteiger partial charge is 0.378 e. The Morgan fingerprint density at radius 3 is 3.00 bits per heavy atom. The third kappa shape index (κ3) is 4.78. The van der Waals surface area contributed by atoms with Crippen molar-refractivity contribution < 1.29 is 4.74 Å². The number of nitrogens with zero attached hydrogens (tertiary/aromatic N) is 2. The number of nitrogens with one attached hydrogen (secondary N) is 1. The quantitative estimate of drug-likeness (QED) is 0.766. The van der Waals surface area contributed by atoms with Crippen LogP contribution in [0.3, 0.4) is 0 Å². The van der Waals surface area contributed by atoms with Crippen LogP contribution in [-0.2, 0) is 4.74 Å². The van der Waals surface area contributed by atoms with Gasteiger partial charge in [-0.25, -0.2) is 9.97 Å². The fourth-order valence-electron chi connectivity index (χ4n) is 2.37. The van der Waals surface area contributed by atoms with Crippen molar-refractivity contribution in [3.05, 3.63) is 18.1 Å². The van der Waals surface area contributed by atoms with Gasteiger partial charge in [0.1, 0.15) is 12.1 Å². The number of hydrogen-bond donors (Lipinski definition) is 1.